The molecule has 2 aromatic carbocycles. The molecule has 3 heterocycles. The van der Waals surface area contributed by atoms with Gasteiger partial charge in [0.05, 0.1) is 12.5 Å². The maximum Gasteiger partial charge on any atom is 0.192 e. The first-order valence-electron chi connectivity index (χ1n) is 8.23. The van der Waals surface area contributed by atoms with Gasteiger partial charge in [-0.1, -0.05) is 12.1 Å². The fourth-order valence-corrected chi connectivity index (χ4v) is 3.54. The van der Waals surface area contributed by atoms with Gasteiger partial charge in [0, 0.05) is 21.0 Å². The van der Waals surface area contributed by atoms with Crippen molar-refractivity contribution in [2.75, 3.05) is 7.11 Å². The highest BCUT2D eigenvalue weighted by Crippen LogP contribution is 2.34. The summed E-state index contributed by atoms with van der Waals surface area (Å²) in [5.41, 5.74) is 4.57. The Hall–Kier alpha value is -3.01. The second kappa shape index (κ2) is 6.31. The van der Waals surface area contributed by atoms with E-state index in [1.165, 1.54) is 3.57 Å². The second-order valence-electron chi connectivity index (χ2n) is 6.01. The molecule has 0 aliphatic carbocycles. The number of aromatic nitrogens is 6. The van der Waals surface area contributed by atoms with Crippen molar-refractivity contribution < 1.29 is 4.74 Å². The molecule has 0 saturated carbocycles. The second-order valence-corrected chi connectivity index (χ2v) is 7.25. The average Bonchev–Trinajstić information content (AvgIpc) is 3.33. The summed E-state index contributed by atoms with van der Waals surface area (Å²) in [5, 5.41) is 12.9. The van der Waals surface area contributed by atoms with Crippen molar-refractivity contribution in [2.24, 2.45) is 0 Å². The van der Waals surface area contributed by atoms with E-state index >= 15 is 0 Å². The lowest BCUT2D eigenvalue weighted by Crippen LogP contribution is -1.96. The third kappa shape index (κ3) is 2.64. The average molecular weight is 468 g/mol. The number of benzene rings is 2. The summed E-state index contributed by atoms with van der Waals surface area (Å²) in [6, 6.07) is 16.2. The van der Waals surface area contributed by atoms with Crippen LogP contribution in [0.3, 0.4) is 0 Å². The molecule has 3 aromatic heterocycles. The molecule has 5 rings (SSSR count). The third-order valence-corrected chi connectivity index (χ3v) is 5.21. The summed E-state index contributed by atoms with van der Waals surface area (Å²) in [7, 11) is 1.66. The highest BCUT2D eigenvalue weighted by molar-refractivity contribution is 14.1. The van der Waals surface area contributed by atoms with E-state index in [4.69, 9.17) is 4.74 Å². The number of fused-ring (bicyclic) bond motifs is 3. The smallest absolute Gasteiger partial charge is 0.192 e. The molecule has 0 aliphatic rings. The Morgan fingerprint density at radius 1 is 0.963 bits per heavy atom. The van der Waals surface area contributed by atoms with Gasteiger partial charge in [0.15, 0.2) is 11.3 Å². The van der Waals surface area contributed by atoms with Crippen LogP contribution in [0, 0.1) is 3.57 Å². The van der Waals surface area contributed by atoms with E-state index in [9.17, 15) is 0 Å². The molecule has 0 amide bonds. The summed E-state index contributed by atoms with van der Waals surface area (Å²) >= 11 is 2.30. The van der Waals surface area contributed by atoms with E-state index in [0.717, 1.165) is 33.6 Å². The molecule has 0 unspecified atom stereocenters. The van der Waals surface area contributed by atoms with Crippen LogP contribution < -0.4 is 4.74 Å². The van der Waals surface area contributed by atoms with Crippen molar-refractivity contribution >= 4 is 39.3 Å². The van der Waals surface area contributed by atoms with E-state index in [1.807, 2.05) is 24.3 Å². The topological polar surface area (TPSA) is 70.1 Å². The molecule has 7 nitrogen and oxygen atoms in total. The minimum atomic E-state index is 0.676. The quantitative estimate of drug-likeness (QED) is 0.378. The number of hydrogen-bond acceptors (Lipinski definition) is 5. The molecule has 0 atom stereocenters. The van der Waals surface area contributed by atoms with E-state index in [-0.39, 0.29) is 0 Å². The zero-order chi connectivity index (χ0) is 18.4. The van der Waals surface area contributed by atoms with Crippen LogP contribution >= 0.6 is 22.6 Å². The third-order valence-electron chi connectivity index (χ3n) is 4.49. The van der Waals surface area contributed by atoms with Crippen LogP contribution in [0.4, 0.5) is 0 Å². The first-order valence-corrected chi connectivity index (χ1v) is 9.30. The highest BCUT2D eigenvalue weighted by Gasteiger charge is 2.18. The lowest BCUT2D eigenvalue weighted by atomic mass is 10.1. The Kier molecular flexibility index (Phi) is 3.78. The predicted molar refractivity (Wildman–Crippen MR) is 110 cm³/mol. The maximum absolute atomic E-state index is 5.28. The number of hydrogen-bond donors (Lipinski definition) is 0. The Balaban J connectivity index is 1.83. The van der Waals surface area contributed by atoms with Gasteiger partial charge >= 0.3 is 0 Å². The van der Waals surface area contributed by atoms with Gasteiger partial charge in [0.1, 0.15) is 12.1 Å². The molecule has 132 valence electrons. The summed E-state index contributed by atoms with van der Waals surface area (Å²) in [5.74, 6) is 0.813. The van der Waals surface area contributed by atoms with Gasteiger partial charge in [-0.2, -0.15) is 4.52 Å². The first-order chi connectivity index (χ1) is 13.2. The minimum Gasteiger partial charge on any atom is -0.497 e. The monoisotopic (exact) mass is 468 g/mol. The van der Waals surface area contributed by atoms with Crippen molar-refractivity contribution in [3.05, 3.63) is 64.6 Å². The molecule has 0 radical (unpaired) electrons. The molecule has 27 heavy (non-hydrogen) atoms. The van der Waals surface area contributed by atoms with E-state index in [1.54, 1.807) is 18.0 Å². The first kappa shape index (κ1) is 16.2. The molecule has 0 aliphatic heterocycles. The van der Waals surface area contributed by atoms with Gasteiger partial charge in [-0.3, -0.25) is 0 Å². The Morgan fingerprint density at radius 2 is 1.74 bits per heavy atom. The van der Waals surface area contributed by atoms with Crippen LogP contribution in [-0.4, -0.2) is 36.7 Å². The lowest BCUT2D eigenvalue weighted by Gasteiger charge is -2.04. The largest absolute Gasteiger partial charge is 0.497 e. The number of methoxy groups -OCH3 is 1. The van der Waals surface area contributed by atoms with Gasteiger partial charge in [-0.25, -0.2) is 4.98 Å². The van der Waals surface area contributed by atoms with Crippen LogP contribution in [0.5, 0.6) is 5.75 Å². The summed E-state index contributed by atoms with van der Waals surface area (Å²) in [6.07, 6.45) is 3.72. The standard InChI is InChI=1S/C19H13IN6O/c1-27-15-8-2-12(3-9-15)16-10-25(14-6-4-13(20)5-7-14)18-17(16)19-22-23-24-26(19)11-21-18/h2-11H,1H3. The fraction of sp³-hybridized carbons (Fsp3) is 0.0526. The lowest BCUT2D eigenvalue weighted by molar-refractivity contribution is 0.415. The summed E-state index contributed by atoms with van der Waals surface area (Å²) in [4.78, 5) is 4.62. The fourth-order valence-electron chi connectivity index (χ4n) is 3.18. The van der Waals surface area contributed by atoms with Gasteiger partial charge < -0.3 is 9.30 Å². The Bertz CT molecular complexity index is 1260. The van der Waals surface area contributed by atoms with Gasteiger partial charge in [-0.15, -0.1) is 5.10 Å². The molecule has 0 N–H and O–H groups in total. The zero-order valence-electron chi connectivity index (χ0n) is 14.2. The summed E-state index contributed by atoms with van der Waals surface area (Å²) in [6.45, 7) is 0. The number of halogens is 1. The van der Waals surface area contributed by atoms with Crippen molar-refractivity contribution in [2.45, 2.75) is 0 Å². The van der Waals surface area contributed by atoms with E-state index in [0.29, 0.717) is 5.65 Å². The number of nitrogens with zero attached hydrogens (tertiary/aromatic N) is 6. The number of tetrazole rings is 1. The van der Waals surface area contributed by atoms with Crippen LogP contribution in [0.2, 0.25) is 0 Å². The SMILES string of the molecule is COc1ccc(-c2cn(-c3ccc(I)cc3)c3ncn4nnnc4c23)cc1. The minimum absolute atomic E-state index is 0.676. The van der Waals surface area contributed by atoms with E-state index in [2.05, 4.69) is 78.1 Å². The number of rotatable bonds is 3. The van der Waals surface area contributed by atoms with Gasteiger partial charge in [0.25, 0.3) is 0 Å². The van der Waals surface area contributed by atoms with Crippen LogP contribution in [0.1, 0.15) is 0 Å². The van der Waals surface area contributed by atoms with Crippen molar-refractivity contribution in [3.8, 4) is 22.6 Å². The molecule has 0 saturated heterocycles. The van der Waals surface area contributed by atoms with Crippen molar-refractivity contribution in [3.63, 3.8) is 0 Å². The molecule has 8 heteroatoms. The Morgan fingerprint density at radius 3 is 2.48 bits per heavy atom. The summed E-state index contributed by atoms with van der Waals surface area (Å²) < 4.78 is 10.1. The van der Waals surface area contributed by atoms with E-state index < -0.39 is 0 Å². The van der Waals surface area contributed by atoms with Crippen LogP contribution in [0.25, 0.3) is 33.5 Å². The molecular weight excluding hydrogens is 455 g/mol. The number of ether oxygens (including phenoxy) is 1. The van der Waals surface area contributed by atoms with Gasteiger partial charge in [0.2, 0.25) is 0 Å². The van der Waals surface area contributed by atoms with Crippen LogP contribution in [0.15, 0.2) is 61.1 Å². The van der Waals surface area contributed by atoms with Crippen molar-refractivity contribution in [1.29, 1.82) is 0 Å². The molecule has 0 spiro atoms. The normalized spacial score (nSPS) is 11.3. The molecular formula is C19H13IN6O. The molecule has 0 fully saturated rings. The van der Waals surface area contributed by atoms with Crippen LogP contribution in [-0.2, 0) is 0 Å². The maximum atomic E-state index is 5.28. The molecule has 5 aromatic rings. The molecule has 0 bridgehead atoms. The van der Waals surface area contributed by atoms with Gasteiger partial charge in [-0.05, 0) is 75.0 Å². The highest BCUT2D eigenvalue weighted by atomic mass is 127. The van der Waals surface area contributed by atoms with Crippen molar-refractivity contribution in [1.82, 2.24) is 29.6 Å². The predicted octanol–water partition coefficient (Wildman–Crippen LogP) is 3.74. The Labute approximate surface area is 167 Å². The zero-order valence-corrected chi connectivity index (χ0v) is 16.4.